The van der Waals surface area contributed by atoms with Crippen molar-refractivity contribution in [3.63, 3.8) is 0 Å². The predicted molar refractivity (Wildman–Crippen MR) is 124 cm³/mol. The Bertz CT molecular complexity index is 1070. The Morgan fingerprint density at radius 2 is 0.935 bits per heavy atom. The molecule has 0 saturated carbocycles. The Morgan fingerprint density at radius 3 is 1.32 bits per heavy atom. The van der Waals surface area contributed by atoms with Gasteiger partial charge in [-0.1, -0.05) is 84.9 Å². The fraction of sp³-hybridized carbons (Fsp3) is 0.154. The third-order valence-corrected chi connectivity index (χ3v) is 4.88. The molecule has 0 aromatic heterocycles. The van der Waals surface area contributed by atoms with Crippen molar-refractivity contribution < 1.29 is 19.1 Å². The topological polar surface area (TPSA) is 87.6 Å². The summed E-state index contributed by atoms with van der Waals surface area (Å²) in [5, 5.41) is 4.54. The highest BCUT2D eigenvalue weighted by Crippen LogP contribution is 2.20. The molecule has 0 spiro atoms. The molecule has 0 unspecified atom stereocenters. The van der Waals surface area contributed by atoms with Gasteiger partial charge in [-0.15, -0.1) is 0 Å². The van der Waals surface area contributed by atoms with E-state index in [2.05, 4.69) is 9.47 Å². The van der Waals surface area contributed by atoms with E-state index < -0.39 is 0 Å². The van der Waals surface area contributed by atoms with E-state index in [9.17, 15) is 9.59 Å². The molecule has 5 nitrogen and oxygen atoms in total. The Labute approximate surface area is 182 Å². The number of hydrogen-bond acceptors (Lipinski definition) is 5. The number of fused-ring (bicyclic) bond motifs is 2. The van der Waals surface area contributed by atoms with Crippen molar-refractivity contribution in [1.29, 1.82) is 0 Å². The van der Waals surface area contributed by atoms with Crippen LogP contribution in [0.2, 0.25) is 0 Å². The lowest BCUT2D eigenvalue weighted by atomic mass is 10.0. The van der Waals surface area contributed by atoms with Crippen LogP contribution in [0.25, 0.3) is 21.5 Å². The van der Waals surface area contributed by atoms with Crippen LogP contribution in [0.4, 0.5) is 0 Å². The first-order chi connectivity index (χ1) is 14.6. The van der Waals surface area contributed by atoms with Gasteiger partial charge in [-0.25, -0.2) is 0 Å². The maximum atomic E-state index is 11.2. The molecule has 31 heavy (non-hydrogen) atoms. The van der Waals surface area contributed by atoms with Crippen LogP contribution in [0.1, 0.15) is 11.1 Å². The third-order valence-electron chi connectivity index (χ3n) is 4.88. The van der Waals surface area contributed by atoms with Crippen molar-refractivity contribution in [2.75, 3.05) is 14.2 Å². The highest BCUT2D eigenvalue weighted by molar-refractivity contribution is 5.89. The van der Waals surface area contributed by atoms with Gasteiger partial charge in [0.1, 0.15) is 0 Å². The molecule has 0 bridgehead atoms. The van der Waals surface area contributed by atoms with Crippen LogP contribution in [0.5, 0.6) is 0 Å². The third kappa shape index (κ3) is 6.14. The monoisotopic (exact) mass is 417 g/mol. The minimum atomic E-state index is -0.202. The number of carbonyl (C=O) groups is 2. The zero-order valence-electron chi connectivity index (χ0n) is 17.8. The molecule has 0 saturated heterocycles. The van der Waals surface area contributed by atoms with Gasteiger partial charge in [-0.2, -0.15) is 0 Å². The summed E-state index contributed by atoms with van der Waals surface area (Å²) in [5.41, 5.74) is 2.03. The molecule has 4 rings (SSSR count). The molecule has 0 aliphatic carbocycles. The Morgan fingerprint density at radius 1 is 0.581 bits per heavy atom. The largest absolute Gasteiger partial charge is 0.469 e. The molecule has 3 N–H and O–H groups in total. The number of methoxy groups -OCH3 is 2. The highest BCUT2D eigenvalue weighted by Gasteiger charge is 2.06. The molecule has 5 heteroatoms. The van der Waals surface area contributed by atoms with Crippen LogP contribution in [0, 0.1) is 0 Å². The van der Waals surface area contributed by atoms with Gasteiger partial charge in [0.15, 0.2) is 0 Å². The summed E-state index contributed by atoms with van der Waals surface area (Å²) in [5.74, 6) is -0.405. The quantitative estimate of drug-likeness (QED) is 0.457. The van der Waals surface area contributed by atoms with Crippen molar-refractivity contribution >= 4 is 33.5 Å². The molecule has 4 aromatic carbocycles. The zero-order valence-corrected chi connectivity index (χ0v) is 17.8. The van der Waals surface area contributed by atoms with Gasteiger partial charge >= 0.3 is 11.9 Å². The fourth-order valence-corrected chi connectivity index (χ4v) is 3.35. The standard InChI is InChI=1S/2C13H12O2.H3N/c2*1-15-13(14)9-11-7-4-6-10-5-2-3-8-12(10)11;/h2*2-8H,9H2,1H3;1H3. The van der Waals surface area contributed by atoms with E-state index in [1.807, 2.05) is 84.9 Å². The summed E-state index contributed by atoms with van der Waals surface area (Å²) >= 11 is 0. The molecule has 0 fully saturated rings. The first-order valence-corrected chi connectivity index (χ1v) is 9.69. The van der Waals surface area contributed by atoms with Crippen molar-refractivity contribution in [2.24, 2.45) is 0 Å². The second-order valence-corrected chi connectivity index (χ2v) is 6.78. The van der Waals surface area contributed by atoms with Gasteiger partial charge in [0.25, 0.3) is 0 Å². The normalized spacial score (nSPS) is 9.87. The van der Waals surface area contributed by atoms with Gasteiger partial charge in [-0.3, -0.25) is 9.59 Å². The molecule has 0 heterocycles. The van der Waals surface area contributed by atoms with Crippen LogP contribution in [-0.2, 0) is 31.9 Å². The summed E-state index contributed by atoms with van der Waals surface area (Å²) in [4.78, 5) is 22.4. The average molecular weight is 418 g/mol. The molecule has 160 valence electrons. The maximum absolute atomic E-state index is 11.2. The summed E-state index contributed by atoms with van der Waals surface area (Å²) in [6.45, 7) is 0. The molecular weight excluding hydrogens is 390 g/mol. The highest BCUT2D eigenvalue weighted by atomic mass is 16.5. The minimum Gasteiger partial charge on any atom is -0.469 e. The summed E-state index contributed by atoms with van der Waals surface area (Å²) < 4.78 is 9.33. The van der Waals surface area contributed by atoms with Gasteiger partial charge in [0.05, 0.1) is 27.1 Å². The van der Waals surface area contributed by atoms with Crippen molar-refractivity contribution in [3.05, 3.63) is 96.1 Å². The van der Waals surface area contributed by atoms with Crippen molar-refractivity contribution in [2.45, 2.75) is 12.8 Å². The van der Waals surface area contributed by atoms with Crippen LogP contribution < -0.4 is 6.15 Å². The lowest BCUT2D eigenvalue weighted by Gasteiger charge is -2.04. The van der Waals surface area contributed by atoms with Gasteiger partial charge in [-0.05, 0) is 32.7 Å². The average Bonchev–Trinajstić information content (AvgIpc) is 2.80. The SMILES string of the molecule is COC(=O)Cc1cccc2ccccc12.COC(=O)Cc1cccc2ccccc12.N. The van der Waals surface area contributed by atoms with Gasteiger partial charge < -0.3 is 15.6 Å². The van der Waals surface area contributed by atoms with Gasteiger partial charge in [0.2, 0.25) is 0 Å². The first-order valence-electron chi connectivity index (χ1n) is 9.69. The molecule has 0 atom stereocenters. The van der Waals surface area contributed by atoms with E-state index in [1.165, 1.54) is 14.2 Å². The molecule has 4 aromatic rings. The number of benzene rings is 4. The lowest BCUT2D eigenvalue weighted by Crippen LogP contribution is -2.04. The fourth-order valence-electron chi connectivity index (χ4n) is 3.35. The molecular formula is C26H27NO4. The zero-order chi connectivity index (χ0) is 21.3. The summed E-state index contributed by atoms with van der Waals surface area (Å²) in [7, 11) is 2.82. The Kier molecular flexibility index (Phi) is 8.73. The number of carbonyl (C=O) groups excluding carboxylic acids is 2. The van der Waals surface area contributed by atoms with Crippen molar-refractivity contribution in [1.82, 2.24) is 6.15 Å². The number of ether oxygens (including phenoxy) is 2. The maximum Gasteiger partial charge on any atom is 0.309 e. The molecule has 0 amide bonds. The molecule has 0 aliphatic heterocycles. The number of hydrogen-bond donors (Lipinski definition) is 1. The van der Waals surface area contributed by atoms with E-state index in [1.54, 1.807) is 0 Å². The van der Waals surface area contributed by atoms with E-state index >= 15 is 0 Å². The molecule has 0 radical (unpaired) electrons. The van der Waals surface area contributed by atoms with Crippen LogP contribution in [-0.4, -0.2) is 26.2 Å². The minimum absolute atomic E-state index is 0. The van der Waals surface area contributed by atoms with E-state index in [-0.39, 0.29) is 18.1 Å². The second kappa shape index (κ2) is 11.5. The second-order valence-electron chi connectivity index (χ2n) is 6.78. The first kappa shape index (κ1) is 23.6. The summed E-state index contributed by atoms with van der Waals surface area (Å²) in [6.07, 6.45) is 0.662. The van der Waals surface area contributed by atoms with E-state index in [0.29, 0.717) is 12.8 Å². The van der Waals surface area contributed by atoms with Crippen molar-refractivity contribution in [3.8, 4) is 0 Å². The van der Waals surface area contributed by atoms with Gasteiger partial charge in [0, 0.05) is 0 Å². The molecule has 0 aliphatic rings. The number of rotatable bonds is 4. The number of esters is 2. The van der Waals surface area contributed by atoms with E-state index in [0.717, 1.165) is 32.7 Å². The van der Waals surface area contributed by atoms with Crippen LogP contribution >= 0.6 is 0 Å². The smallest absolute Gasteiger partial charge is 0.309 e. The van der Waals surface area contributed by atoms with Crippen LogP contribution in [0.3, 0.4) is 0 Å². The Hall–Kier alpha value is -3.70. The Balaban J connectivity index is 0.000000213. The van der Waals surface area contributed by atoms with E-state index in [4.69, 9.17) is 0 Å². The predicted octanol–water partition coefficient (Wildman–Crippen LogP) is 5.27. The lowest BCUT2D eigenvalue weighted by molar-refractivity contribution is -0.140. The van der Waals surface area contributed by atoms with Crippen LogP contribution in [0.15, 0.2) is 84.9 Å². The summed E-state index contributed by atoms with van der Waals surface area (Å²) in [6, 6.07) is 28.0.